The highest BCUT2D eigenvalue weighted by molar-refractivity contribution is 6.02. The fourth-order valence-corrected chi connectivity index (χ4v) is 5.58. The Hall–Kier alpha value is -2.08. The molecule has 2 aliphatic rings. The first-order valence-corrected chi connectivity index (χ1v) is 9.06. The highest BCUT2D eigenvalue weighted by atomic mass is 16.3. The van der Waals surface area contributed by atoms with Gasteiger partial charge in [-0.2, -0.15) is 5.10 Å². The van der Waals surface area contributed by atoms with Crippen LogP contribution in [0.15, 0.2) is 24.5 Å². The minimum Gasteiger partial charge on any atom is -0.390 e. The van der Waals surface area contributed by atoms with Crippen LogP contribution in [0.1, 0.15) is 56.3 Å². The van der Waals surface area contributed by atoms with Gasteiger partial charge in [0.25, 0.3) is 5.91 Å². The van der Waals surface area contributed by atoms with E-state index in [-0.39, 0.29) is 5.54 Å². The number of aliphatic hydroxyl groups is 1. The van der Waals surface area contributed by atoms with Crippen LogP contribution in [0.4, 0.5) is 5.69 Å². The average molecular weight is 342 g/mol. The first kappa shape index (κ1) is 16.4. The second kappa shape index (κ2) is 5.46. The van der Waals surface area contributed by atoms with Crippen LogP contribution in [0.2, 0.25) is 0 Å². The second-order valence-corrected chi connectivity index (χ2v) is 8.47. The van der Waals surface area contributed by atoms with E-state index in [9.17, 15) is 9.90 Å². The highest BCUT2D eigenvalue weighted by Crippen LogP contribution is 2.51. The van der Waals surface area contributed by atoms with Crippen LogP contribution in [0.5, 0.6) is 0 Å². The average Bonchev–Trinajstić information content (AvgIpc) is 2.92. The summed E-state index contributed by atoms with van der Waals surface area (Å²) in [4.78, 5) is 12.0. The van der Waals surface area contributed by atoms with Gasteiger partial charge in [-0.3, -0.25) is 4.79 Å². The molecule has 2 aromatic heterocycles. The number of anilines is 1. The molecule has 0 saturated heterocycles. The SMILES string of the molecule is C[C@@H]1CC2(O)C[C@H](C)CC(Nc3c(C(N)=O)cnn4cccc34)(C1)C2. The van der Waals surface area contributed by atoms with Crippen molar-refractivity contribution in [3.8, 4) is 0 Å². The molecule has 0 aromatic carbocycles. The number of carbonyl (C=O) groups is 1. The molecule has 25 heavy (non-hydrogen) atoms. The van der Waals surface area contributed by atoms with E-state index in [0.29, 0.717) is 23.8 Å². The van der Waals surface area contributed by atoms with Crippen LogP contribution in [0.3, 0.4) is 0 Å². The number of nitrogens with one attached hydrogen (secondary N) is 1. The van der Waals surface area contributed by atoms with E-state index >= 15 is 0 Å². The first-order valence-electron chi connectivity index (χ1n) is 9.06. The largest absolute Gasteiger partial charge is 0.390 e. The number of nitrogens with zero attached hydrogens (tertiary/aromatic N) is 2. The maximum Gasteiger partial charge on any atom is 0.252 e. The summed E-state index contributed by atoms with van der Waals surface area (Å²) in [5, 5.41) is 19.0. The molecule has 2 fully saturated rings. The predicted octanol–water partition coefficient (Wildman–Crippen LogP) is 2.56. The molecule has 4 atom stereocenters. The van der Waals surface area contributed by atoms with E-state index in [2.05, 4.69) is 24.3 Å². The molecule has 134 valence electrons. The number of rotatable bonds is 3. The lowest BCUT2D eigenvalue weighted by Gasteiger charge is -2.54. The van der Waals surface area contributed by atoms with Gasteiger partial charge in [-0.25, -0.2) is 4.52 Å². The maximum atomic E-state index is 12.0. The summed E-state index contributed by atoms with van der Waals surface area (Å²) in [6.45, 7) is 4.40. The summed E-state index contributed by atoms with van der Waals surface area (Å²) in [6, 6.07) is 3.84. The summed E-state index contributed by atoms with van der Waals surface area (Å²) >= 11 is 0. The van der Waals surface area contributed by atoms with Crippen molar-refractivity contribution in [3.63, 3.8) is 0 Å². The predicted molar refractivity (Wildman–Crippen MR) is 96.4 cm³/mol. The standard InChI is InChI=1S/C19H26N4O2/c1-12-6-18(7-13(2)9-19(25,8-12)11-18)22-16-14(17(20)24)10-21-23-5-3-4-15(16)23/h3-5,10,12-13,22,25H,6-9,11H2,1-2H3,(H2,20,24)/t12-,13+,18?,19?. The number of hydrogen-bond donors (Lipinski definition) is 3. The van der Waals surface area contributed by atoms with Gasteiger partial charge in [-0.15, -0.1) is 0 Å². The van der Waals surface area contributed by atoms with Crippen molar-refractivity contribution in [3.05, 3.63) is 30.1 Å². The lowest BCUT2D eigenvalue weighted by molar-refractivity contribution is -0.0838. The lowest BCUT2D eigenvalue weighted by Crippen LogP contribution is -2.57. The molecule has 2 unspecified atom stereocenters. The Morgan fingerprint density at radius 2 is 2.00 bits per heavy atom. The van der Waals surface area contributed by atoms with Crippen LogP contribution in [0, 0.1) is 11.8 Å². The summed E-state index contributed by atoms with van der Waals surface area (Å²) < 4.78 is 1.75. The van der Waals surface area contributed by atoms with Gasteiger partial charge >= 0.3 is 0 Å². The van der Waals surface area contributed by atoms with Crippen molar-refractivity contribution in [2.45, 2.75) is 57.1 Å². The number of amides is 1. The molecular weight excluding hydrogens is 316 g/mol. The molecule has 4 N–H and O–H groups in total. The molecule has 0 spiro atoms. The van der Waals surface area contributed by atoms with Gasteiger partial charge < -0.3 is 16.2 Å². The smallest absolute Gasteiger partial charge is 0.252 e. The Balaban J connectivity index is 1.81. The number of aromatic nitrogens is 2. The first-order chi connectivity index (χ1) is 11.8. The number of primary amides is 1. The molecule has 2 bridgehead atoms. The van der Waals surface area contributed by atoms with Gasteiger partial charge in [0.1, 0.15) is 0 Å². The third-order valence-corrected chi connectivity index (χ3v) is 5.82. The van der Waals surface area contributed by atoms with E-state index in [4.69, 9.17) is 5.73 Å². The van der Waals surface area contributed by atoms with E-state index in [1.165, 1.54) is 6.20 Å². The molecule has 4 rings (SSSR count). The Bertz CT molecular complexity index is 814. The monoisotopic (exact) mass is 342 g/mol. The van der Waals surface area contributed by atoms with Gasteiger partial charge in [0.15, 0.2) is 0 Å². The Labute approximate surface area is 147 Å². The van der Waals surface area contributed by atoms with Crippen molar-refractivity contribution in [1.29, 1.82) is 0 Å². The van der Waals surface area contributed by atoms with Crippen LogP contribution >= 0.6 is 0 Å². The molecule has 0 aliphatic heterocycles. The Kier molecular flexibility index (Phi) is 3.58. The molecule has 1 amide bonds. The number of fused-ring (bicyclic) bond motifs is 3. The van der Waals surface area contributed by atoms with E-state index < -0.39 is 11.5 Å². The summed E-state index contributed by atoms with van der Waals surface area (Å²) in [5.74, 6) is 0.374. The van der Waals surface area contributed by atoms with Crippen molar-refractivity contribution < 1.29 is 9.90 Å². The number of carbonyl (C=O) groups excluding carboxylic acids is 1. The minimum atomic E-state index is -0.624. The zero-order valence-corrected chi connectivity index (χ0v) is 14.8. The summed E-state index contributed by atoms with van der Waals surface area (Å²) in [5.41, 5.74) is 6.74. The number of hydrogen-bond acceptors (Lipinski definition) is 4. The Morgan fingerprint density at radius 3 is 2.64 bits per heavy atom. The minimum absolute atomic E-state index is 0.222. The van der Waals surface area contributed by atoms with Crippen molar-refractivity contribution in [1.82, 2.24) is 9.61 Å². The molecule has 2 aromatic rings. The highest BCUT2D eigenvalue weighted by Gasteiger charge is 2.51. The molecule has 2 heterocycles. The molecule has 6 heteroatoms. The summed E-state index contributed by atoms with van der Waals surface area (Å²) in [6.07, 6.45) is 7.74. The third kappa shape index (κ3) is 2.78. The van der Waals surface area contributed by atoms with Crippen molar-refractivity contribution in [2.24, 2.45) is 17.6 Å². The normalized spacial score (nSPS) is 34.8. The third-order valence-electron chi connectivity index (χ3n) is 5.82. The topological polar surface area (TPSA) is 92.6 Å². The second-order valence-electron chi connectivity index (χ2n) is 8.47. The van der Waals surface area contributed by atoms with Crippen LogP contribution in [-0.4, -0.2) is 31.8 Å². The summed E-state index contributed by atoms with van der Waals surface area (Å²) in [7, 11) is 0. The van der Waals surface area contributed by atoms with Crippen molar-refractivity contribution >= 4 is 17.1 Å². The van der Waals surface area contributed by atoms with Gasteiger partial charge in [0.2, 0.25) is 0 Å². The van der Waals surface area contributed by atoms with Crippen LogP contribution in [-0.2, 0) is 0 Å². The lowest BCUT2D eigenvalue weighted by atomic mass is 9.59. The van der Waals surface area contributed by atoms with Crippen molar-refractivity contribution in [2.75, 3.05) is 5.32 Å². The molecule has 2 aliphatic carbocycles. The van der Waals surface area contributed by atoms with Gasteiger partial charge in [0.05, 0.1) is 28.6 Å². The van der Waals surface area contributed by atoms with Gasteiger partial charge in [0, 0.05) is 11.7 Å². The van der Waals surface area contributed by atoms with Crippen LogP contribution in [0.25, 0.3) is 5.52 Å². The zero-order chi connectivity index (χ0) is 17.8. The van der Waals surface area contributed by atoms with Crippen LogP contribution < -0.4 is 11.1 Å². The fraction of sp³-hybridized carbons (Fsp3) is 0.579. The zero-order valence-electron chi connectivity index (χ0n) is 14.8. The van der Waals surface area contributed by atoms with E-state index in [1.54, 1.807) is 4.52 Å². The number of nitrogens with two attached hydrogens (primary N) is 1. The quantitative estimate of drug-likeness (QED) is 0.799. The van der Waals surface area contributed by atoms with Gasteiger partial charge in [-0.1, -0.05) is 13.8 Å². The van der Waals surface area contributed by atoms with E-state index in [0.717, 1.165) is 36.9 Å². The maximum absolute atomic E-state index is 12.0. The molecule has 6 nitrogen and oxygen atoms in total. The molecule has 0 radical (unpaired) electrons. The Morgan fingerprint density at radius 1 is 1.32 bits per heavy atom. The molecule has 2 saturated carbocycles. The molecular formula is C19H26N4O2. The van der Waals surface area contributed by atoms with E-state index in [1.807, 2.05) is 18.3 Å². The van der Waals surface area contributed by atoms with Gasteiger partial charge in [-0.05, 0) is 56.1 Å². The fourth-order valence-electron chi connectivity index (χ4n) is 5.58.